The van der Waals surface area contributed by atoms with Crippen LogP contribution in [-0.4, -0.2) is 15.9 Å². The van der Waals surface area contributed by atoms with E-state index in [0.29, 0.717) is 23.7 Å². The summed E-state index contributed by atoms with van der Waals surface area (Å²) in [5.74, 6) is 0.173. The molecule has 3 N–H and O–H groups in total. The van der Waals surface area contributed by atoms with Gasteiger partial charge in [0.2, 0.25) is 5.91 Å². The van der Waals surface area contributed by atoms with E-state index in [4.69, 9.17) is 29.6 Å². The second-order valence-electron chi connectivity index (χ2n) is 5.15. The van der Waals surface area contributed by atoms with Gasteiger partial charge in [-0.05, 0) is 25.0 Å². The number of halogens is 1. The molecule has 108 valence electrons. The van der Waals surface area contributed by atoms with E-state index in [-0.39, 0.29) is 10.9 Å². The van der Waals surface area contributed by atoms with Crippen molar-refractivity contribution < 1.29 is 4.79 Å². The molecule has 0 unspecified atom stereocenters. The Balaban J connectivity index is 2.23. The molecule has 1 aromatic rings. The Morgan fingerprint density at radius 1 is 1.35 bits per heavy atom. The maximum absolute atomic E-state index is 12.7. The monoisotopic (exact) mass is 311 g/mol. The van der Waals surface area contributed by atoms with Crippen molar-refractivity contribution in [3.8, 4) is 0 Å². The van der Waals surface area contributed by atoms with Gasteiger partial charge in [0.15, 0.2) is 5.82 Å². The topological polar surface area (TPSA) is 68.0 Å². The summed E-state index contributed by atoms with van der Waals surface area (Å²) in [6.07, 6.45) is 7.12. The van der Waals surface area contributed by atoms with Gasteiger partial charge in [-0.25, -0.2) is 4.98 Å². The molecule has 0 bridgehead atoms. The van der Waals surface area contributed by atoms with Gasteiger partial charge in [0.05, 0.1) is 15.4 Å². The summed E-state index contributed by atoms with van der Waals surface area (Å²) >= 11 is 11.2. The molecule has 0 aliphatic heterocycles. The number of anilines is 1. The van der Waals surface area contributed by atoms with Gasteiger partial charge < -0.3 is 11.1 Å². The van der Waals surface area contributed by atoms with Gasteiger partial charge in [0.25, 0.3) is 0 Å². The van der Waals surface area contributed by atoms with Crippen molar-refractivity contribution >= 4 is 40.5 Å². The second kappa shape index (κ2) is 6.50. The highest BCUT2D eigenvalue weighted by atomic mass is 35.5. The summed E-state index contributed by atoms with van der Waals surface area (Å²) in [4.78, 5) is 17.0. The lowest BCUT2D eigenvalue weighted by molar-refractivity contribution is -0.122. The van der Waals surface area contributed by atoms with Gasteiger partial charge in [-0.1, -0.05) is 49.5 Å². The number of hydrogen-bond donors (Lipinski definition) is 2. The molecule has 20 heavy (non-hydrogen) atoms. The molecular formula is C14H18ClN3OS. The van der Waals surface area contributed by atoms with Crippen LogP contribution in [0.15, 0.2) is 18.3 Å². The summed E-state index contributed by atoms with van der Waals surface area (Å²) in [6, 6.07) is 3.40. The highest BCUT2D eigenvalue weighted by Gasteiger charge is 2.41. The van der Waals surface area contributed by atoms with Crippen LogP contribution < -0.4 is 11.1 Å². The van der Waals surface area contributed by atoms with E-state index in [0.717, 1.165) is 25.7 Å². The third-order valence-electron chi connectivity index (χ3n) is 3.85. The standard InChI is InChI=1S/C14H18ClN3OS/c15-10-6-5-9-17-11(10)18-13(19)14(12(16)20)7-3-1-2-4-8-14/h5-6,9H,1-4,7-8H2,(H2,16,20)(H,17,18,19). The number of carbonyl (C=O) groups is 1. The Labute approximate surface area is 129 Å². The average Bonchev–Trinajstić information content (AvgIpc) is 2.68. The number of hydrogen-bond acceptors (Lipinski definition) is 3. The summed E-state index contributed by atoms with van der Waals surface area (Å²) < 4.78 is 0. The van der Waals surface area contributed by atoms with Crippen molar-refractivity contribution in [1.82, 2.24) is 4.98 Å². The average molecular weight is 312 g/mol. The van der Waals surface area contributed by atoms with Crippen molar-refractivity contribution in [2.75, 3.05) is 5.32 Å². The summed E-state index contributed by atoms with van der Waals surface area (Å²) in [7, 11) is 0. The Kier molecular flexibility index (Phi) is 4.94. The van der Waals surface area contributed by atoms with Crippen LogP contribution in [0, 0.1) is 5.41 Å². The molecule has 0 spiro atoms. The Morgan fingerprint density at radius 2 is 2.00 bits per heavy atom. The molecule has 0 aromatic carbocycles. The number of nitrogens with two attached hydrogens (primary N) is 1. The van der Waals surface area contributed by atoms with Gasteiger partial charge in [0, 0.05) is 6.20 Å². The number of pyridine rings is 1. The zero-order valence-corrected chi connectivity index (χ0v) is 12.8. The van der Waals surface area contributed by atoms with E-state index in [1.54, 1.807) is 18.3 Å². The maximum Gasteiger partial charge on any atom is 0.238 e. The molecule has 1 aliphatic rings. The van der Waals surface area contributed by atoms with E-state index in [1.807, 2.05) is 0 Å². The molecule has 1 saturated carbocycles. The highest BCUT2D eigenvalue weighted by Crippen LogP contribution is 2.37. The largest absolute Gasteiger partial charge is 0.392 e. The first-order valence-corrected chi connectivity index (χ1v) is 7.57. The lowest BCUT2D eigenvalue weighted by atomic mass is 9.79. The van der Waals surface area contributed by atoms with Crippen LogP contribution in [0.4, 0.5) is 5.82 Å². The van der Waals surface area contributed by atoms with Crippen LogP contribution in [0.2, 0.25) is 5.02 Å². The second-order valence-corrected chi connectivity index (χ2v) is 6.00. The fourth-order valence-electron chi connectivity index (χ4n) is 2.62. The molecule has 2 rings (SSSR count). The lowest BCUT2D eigenvalue weighted by Gasteiger charge is -2.30. The number of rotatable bonds is 3. The Hall–Kier alpha value is -1.20. The van der Waals surface area contributed by atoms with E-state index in [1.165, 1.54) is 0 Å². The molecule has 4 nitrogen and oxygen atoms in total. The molecule has 1 heterocycles. The smallest absolute Gasteiger partial charge is 0.238 e. The minimum Gasteiger partial charge on any atom is -0.392 e. The molecule has 1 aliphatic carbocycles. The number of carbonyl (C=O) groups excluding carboxylic acids is 1. The van der Waals surface area contributed by atoms with Crippen molar-refractivity contribution in [3.63, 3.8) is 0 Å². The predicted octanol–water partition coefficient (Wildman–Crippen LogP) is 3.30. The fourth-order valence-corrected chi connectivity index (χ4v) is 3.09. The number of thiocarbonyl (C=S) groups is 1. The van der Waals surface area contributed by atoms with Crippen LogP contribution in [0.3, 0.4) is 0 Å². The van der Waals surface area contributed by atoms with Gasteiger partial charge in [0.1, 0.15) is 0 Å². The number of amides is 1. The van der Waals surface area contributed by atoms with Crippen LogP contribution in [0.25, 0.3) is 0 Å². The first-order valence-electron chi connectivity index (χ1n) is 6.78. The Bertz CT molecular complexity index is 513. The van der Waals surface area contributed by atoms with Crippen LogP contribution in [0.1, 0.15) is 38.5 Å². The SMILES string of the molecule is NC(=S)C1(C(=O)Nc2ncccc2Cl)CCCCCC1. The first kappa shape index (κ1) is 15.2. The highest BCUT2D eigenvalue weighted by molar-refractivity contribution is 7.80. The molecule has 1 aromatic heterocycles. The molecule has 0 saturated heterocycles. The molecule has 1 fully saturated rings. The van der Waals surface area contributed by atoms with Crippen molar-refractivity contribution in [2.45, 2.75) is 38.5 Å². The van der Waals surface area contributed by atoms with Crippen molar-refractivity contribution in [1.29, 1.82) is 0 Å². The molecule has 0 atom stereocenters. The van der Waals surface area contributed by atoms with Crippen molar-refractivity contribution in [2.24, 2.45) is 11.1 Å². The van der Waals surface area contributed by atoms with E-state index >= 15 is 0 Å². The van der Waals surface area contributed by atoms with E-state index in [9.17, 15) is 4.79 Å². The zero-order chi connectivity index (χ0) is 14.6. The van der Waals surface area contributed by atoms with Gasteiger partial charge in [-0.3, -0.25) is 4.79 Å². The molecule has 1 amide bonds. The number of nitrogens with zero attached hydrogens (tertiary/aromatic N) is 1. The first-order chi connectivity index (χ1) is 9.56. The van der Waals surface area contributed by atoms with E-state index < -0.39 is 5.41 Å². The molecular weight excluding hydrogens is 294 g/mol. The summed E-state index contributed by atoms with van der Waals surface area (Å²) in [5.41, 5.74) is 5.11. The zero-order valence-electron chi connectivity index (χ0n) is 11.2. The van der Waals surface area contributed by atoms with Crippen LogP contribution in [-0.2, 0) is 4.79 Å². The lowest BCUT2D eigenvalue weighted by Crippen LogP contribution is -2.45. The maximum atomic E-state index is 12.7. The van der Waals surface area contributed by atoms with Gasteiger partial charge in [-0.2, -0.15) is 0 Å². The molecule has 0 radical (unpaired) electrons. The quantitative estimate of drug-likeness (QED) is 0.664. The molecule has 6 heteroatoms. The van der Waals surface area contributed by atoms with Gasteiger partial charge in [-0.15, -0.1) is 0 Å². The summed E-state index contributed by atoms with van der Waals surface area (Å²) in [6.45, 7) is 0. The van der Waals surface area contributed by atoms with Crippen LogP contribution in [0.5, 0.6) is 0 Å². The summed E-state index contributed by atoms with van der Waals surface area (Å²) in [5, 5.41) is 3.19. The minimum absolute atomic E-state index is 0.187. The van der Waals surface area contributed by atoms with Crippen molar-refractivity contribution in [3.05, 3.63) is 23.4 Å². The van der Waals surface area contributed by atoms with E-state index in [2.05, 4.69) is 10.3 Å². The van der Waals surface area contributed by atoms with Crippen LogP contribution >= 0.6 is 23.8 Å². The Morgan fingerprint density at radius 3 is 2.55 bits per heavy atom. The predicted molar refractivity (Wildman–Crippen MR) is 84.8 cm³/mol. The van der Waals surface area contributed by atoms with Gasteiger partial charge >= 0.3 is 0 Å². The normalized spacial score (nSPS) is 18.1. The number of aromatic nitrogens is 1. The number of nitrogens with one attached hydrogen (secondary N) is 1. The third-order valence-corrected chi connectivity index (χ3v) is 4.55. The third kappa shape index (κ3) is 3.10. The fraction of sp³-hybridized carbons (Fsp3) is 0.500. The minimum atomic E-state index is -0.771.